The molecule has 1 unspecified atom stereocenters. The molecule has 0 amide bonds. The highest BCUT2D eigenvalue weighted by Gasteiger charge is 2.19. The molecule has 106 valence electrons. The van der Waals surface area contributed by atoms with Crippen LogP contribution >= 0.6 is 47.8 Å². The Labute approximate surface area is 142 Å². The van der Waals surface area contributed by atoms with E-state index in [2.05, 4.69) is 47.8 Å². The fraction of sp³-hybridized carbons (Fsp3) is 0.200. The molecule has 0 saturated heterocycles. The SMILES string of the molecule is CCOc1ccc(Br)cc1C(Br)c1cccc(F)c1Br. The van der Waals surface area contributed by atoms with Gasteiger partial charge in [0, 0.05) is 10.0 Å². The maximum atomic E-state index is 13.7. The number of halogens is 4. The molecule has 2 rings (SSSR count). The lowest BCUT2D eigenvalue weighted by molar-refractivity contribution is 0.337. The molecule has 2 aromatic rings. The molecule has 0 aromatic heterocycles. The summed E-state index contributed by atoms with van der Waals surface area (Å²) >= 11 is 10.4. The van der Waals surface area contributed by atoms with Crippen molar-refractivity contribution in [2.24, 2.45) is 0 Å². The summed E-state index contributed by atoms with van der Waals surface area (Å²) in [6.07, 6.45) is 0. The molecule has 1 nitrogen and oxygen atoms in total. The molecule has 0 bridgehead atoms. The largest absolute Gasteiger partial charge is 0.494 e. The normalized spacial score (nSPS) is 12.2. The molecule has 0 radical (unpaired) electrons. The maximum Gasteiger partial charge on any atom is 0.137 e. The van der Waals surface area contributed by atoms with Crippen LogP contribution in [0.5, 0.6) is 5.75 Å². The predicted molar refractivity (Wildman–Crippen MR) is 90.2 cm³/mol. The third-order valence-electron chi connectivity index (χ3n) is 2.80. The van der Waals surface area contributed by atoms with E-state index in [1.165, 1.54) is 6.07 Å². The molecule has 0 aliphatic carbocycles. The lowest BCUT2D eigenvalue weighted by atomic mass is 10.0. The van der Waals surface area contributed by atoms with Gasteiger partial charge in [-0.3, -0.25) is 0 Å². The van der Waals surface area contributed by atoms with Gasteiger partial charge in [-0.2, -0.15) is 0 Å². The molecule has 1 atom stereocenters. The molecule has 20 heavy (non-hydrogen) atoms. The summed E-state index contributed by atoms with van der Waals surface area (Å²) in [6, 6.07) is 10.8. The zero-order valence-corrected chi connectivity index (χ0v) is 15.4. The average Bonchev–Trinajstić information content (AvgIpc) is 2.43. The molecule has 0 saturated carbocycles. The summed E-state index contributed by atoms with van der Waals surface area (Å²) in [5.41, 5.74) is 1.77. The van der Waals surface area contributed by atoms with Gasteiger partial charge in [-0.05, 0) is 52.7 Å². The van der Waals surface area contributed by atoms with Crippen molar-refractivity contribution in [3.63, 3.8) is 0 Å². The molecule has 2 aromatic carbocycles. The van der Waals surface area contributed by atoms with Crippen molar-refractivity contribution in [2.75, 3.05) is 6.61 Å². The lowest BCUT2D eigenvalue weighted by Crippen LogP contribution is -2.01. The Bertz CT molecular complexity index is 616. The first-order valence-electron chi connectivity index (χ1n) is 6.04. The van der Waals surface area contributed by atoms with E-state index in [0.717, 1.165) is 21.3 Å². The van der Waals surface area contributed by atoms with E-state index in [1.807, 2.05) is 31.2 Å². The Morgan fingerprint density at radius 3 is 2.60 bits per heavy atom. The van der Waals surface area contributed by atoms with Crippen molar-refractivity contribution >= 4 is 47.8 Å². The Kier molecular flexibility index (Phi) is 5.64. The van der Waals surface area contributed by atoms with Gasteiger partial charge in [0.25, 0.3) is 0 Å². The van der Waals surface area contributed by atoms with Gasteiger partial charge in [0.2, 0.25) is 0 Å². The van der Waals surface area contributed by atoms with Gasteiger partial charge in [-0.15, -0.1) is 0 Å². The summed E-state index contributed by atoms with van der Waals surface area (Å²) in [5, 5.41) is 0. The van der Waals surface area contributed by atoms with E-state index < -0.39 is 0 Å². The van der Waals surface area contributed by atoms with E-state index in [4.69, 9.17) is 4.74 Å². The van der Waals surface area contributed by atoms with Crippen LogP contribution in [0.15, 0.2) is 45.3 Å². The first-order chi connectivity index (χ1) is 9.54. The number of hydrogen-bond donors (Lipinski definition) is 0. The summed E-state index contributed by atoms with van der Waals surface area (Å²) < 4.78 is 20.7. The van der Waals surface area contributed by atoms with E-state index >= 15 is 0 Å². The standard InChI is InChI=1S/C15H12Br3FO/c1-2-20-13-7-6-9(16)8-11(13)14(17)10-4-3-5-12(19)15(10)18/h3-8,14H,2H2,1H3. The first-order valence-corrected chi connectivity index (χ1v) is 8.55. The van der Waals surface area contributed by atoms with Gasteiger partial charge in [0.15, 0.2) is 0 Å². The van der Waals surface area contributed by atoms with Crippen molar-refractivity contribution in [1.29, 1.82) is 0 Å². The second-order valence-electron chi connectivity index (χ2n) is 4.12. The summed E-state index contributed by atoms with van der Waals surface area (Å²) in [4.78, 5) is -0.161. The van der Waals surface area contributed by atoms with Gasteiger partial charge in [-0.25, -0.2) is 4.39 Å². The molecule has 0 N–H and O–H groups in total. The zero-order valence-electron chi connectivity index (χ0n) is 10.7. The number of rotatable bonds is 4. The van der Waals surface area contributed by atoms with Crippen molar-refractivity contribution in [2.45, 2.75) is 11.8 Å². The van der Waals surface area contributed by atoms with Crippen LogP contribution in [0.4, 0.5) is 4.39 Å². The molecule has 0 heterocycles. The van der Waals surface area contributed by atoms with E-state index in [0.29, 0.717) is 11.1 Å². The Balaban J connectivity index is 2.49. The third-order valence-corrected chi connectivity index (χ3v) is 5.12. The van der Waals surface area contributed by atoms with Crippen molar-refractivity contribution in [3.05, 3.63) is 62.3 Å². The van der Waals surface area contributed by atoms with Crippen LogP contribution in [-0.2, 0) is 0 Å². The van der Waals surface area contributed by atoms with Crippen LogP contribution in [0, 0.1) is 5.82 Å². The minimum absolute atomic E-state index is 0.161. The lowest BCUT2D eigenvalue weighted by Gasteiger charge is -2.17. The van der Waals surface area contributed by atoms with Gasteiger partial charge in [0.05, 0.1) is 15.9 Å². The number of alkyl halides is 1. The van der Waals surface area contributed by atoms with Gasteiger partial charge in [-0.1, -0.05) is 44.0 Å². The molecule has 0 fully saturated rings. The highest BCUT2D eigenvalue weighted by molar-refractivity contribution is 9.11. The number of ether oxygens (including phenoxy) is 1. The van der Waals surface area contributed by atoms with Crippen molar-refractivity contribution in [3.8, 4) is 5.75 Å². The van der Waals surface area contributed by atoms with Gasteiger partial charge >= 0.3 is 0 Å². The smallest absolute Gasteiger partial charge is 0.137 e. The Hall–Kier alpha value is -0.390. The first kappa shape index (κ1) is 16.0. The summed E-state index contributed by atoms with van der Waals surface area (Å²) in [6.45, 7) is 2.52. The summed E-state index contributed by atoms with van der Waals surface area (Å²) in [7, 11) is 0. The average molecular weight is 467 g/mol. The van der Waals surface area contributed by atoms with Gasteiger partial charge < -0.3 is 4.74 Å². The van der Waals surface area contributed by atoms with Gasteiger partial charge in [0.1, 0.15) is 11.6 Å². The van der Waals surface area contributed by atoms with Crippen LogP contribution in [0.1, 0.15) is 22.9 Å². The van der Waals surface area contributed by atoms with Crippen molar-refractivity contribution in [1.82, 2.24) is 0 Å². The minimum atomic E-state index is -0.278. The quantitative estimate of drug-likeness (QED) is 0.485. The summed E-state index contributed by atoms with van der Waals surface area (Å²) in [5.74, 6) is 0.508. The van der Waals surface area contributed by atoms with Crippen LogP contribution in [-0.4, -0.2) is 6.61 Å². The zero-order chi connectivity index (χ0) is 14.7. The minimum Gasteiger partial charge on any atom is -0.494 e. The van der Waals surface area contributed by atoms with Crippen LogP contribution < -0.4 is 4.74 Å². The Morgan fingerprint density at radius 1 is 1.15 bits per heavy atom. The second kappa shape index (κ2) is 7.05. The Morgan fingerprint density at radius 2 is 1.90 bits per heavy atom. The number of benzene rings is 2. The fourth-order valence-corrected chi connectivity index (χ4v) is 3.81. The molecule has 0 spiro atoms. The molecule has 0 aliphatic rings. The van der Waals surface area contributed by atoms with Crippen molar-refractivity contribution < 1.29 is 9.13 Å². The molecular formula is C15H12Br3FO. The van der Waals surface area contributed by atoms with Crippen LogP contribution in [0.25, 0.3) is 0 Å². The molecule has 5 heteroatoms. The van der Waals surface area contributed by atoms with E-state index in [9.17, 15) is 4.39 Å². The van der Waals surface area contributed by atoms with E-state index in [1.54, 1.807) is 6.07 Å². The van der Waals surface area contributed by atoms with E-state index in [-0.39, 0.29) is 10.6 Å². The molecular weight excluding hydrogens is 455 g/mol. The van der Waals surface area contributed by atoms with Crippen LogP contribution in [0.3, 0.4) is 0 Å². The monoisotopic (exact) mass is 464 g/mol. The second-order valence-corrected chi connectivity index (χ2v) is 6.75. The highest BCUT2D eigenvalue weighted by atomic mass is 79.9. The maximum absolute atomic E-state index is 13.7. The fourth-order valence-electron chi connectivity index (χ4n) is 1.89. The highest BCUT2D eigenvalue weighted by Crippen LogP contribution is 2.41. The number of hydrogen-bond acceptors (Lipinski definition) is 1. The molecule has 0 aliphatic heterocycles. The third kappa shape index (κ3) is 3.43. The van der Waals surface area contributed by atoms with Crippen LogP contribution in [0.2, 0.25) is 0 Å². The topological polar surface area (TPSA) is 9.23 Å². The predicted octanol–water partition coefficient (Wildman–Crippen LogP) is 6.23.